The van der Waals surface area contributed by atoms with Crippen molar-refractivity contribution >= 4 is 30.8 Å². The molecule has 0 unspecified atom stereocenters. The molecule has 11 heteroatoms. The van der Waals surface area contributed by atoms with E-state index in [0.717, 1.165) is 19.6 Å². The largest absolute Gasteiger partial charge is 0.507 e. The monoisotopic (exact) mass is 455 g/mol. The van der Waals surface area contributed by atoms with Crippen LogP contribution in [0.5, 0.6) is 5.75 Å². The van der Waals surface area contributed by atoms with Crippen LogP contribution in [0.15, 0.2) is 30.6 Å². The zero-order valence-electron chi connectivity index (χ0n) is 16.5. The number of halogens is 3. The van der Waals surface area contributed by atoms with Crippen molar-refractivity contribution in [3.63, 3.8) is 0 Å². The summed E-state index contributed by atoms with van der Waals surface area (Å²) in [6.45, 7) is 6.90. The highest BCUT2D eigenvalue weighted by molar-refractivity contribution is 5.85. The van der Waals surface area contributed by atoms with Crippen molar-refractivity contribution in [2.75, 3.05) is 24.5 Å². The smallest absolute Gasteiger partial charge is 0.245 e. The van der Waals surface area contributed by atoms with Crippen LogP contribution in [0.4, 0.5) is 10.3 Å². The van der Waals surface area contributed by atoms with Crippen LogP contribution >= 0.6 is 24.8 Å². The Balaban J connectivity index is 0.00000160. The lowest BCUT2D eigenvalue weighted by Crippen LogP contribution is -2.53. The Labute approximate surface area is 186 Å². The van der Waals surface area contributed by atoms with Gasteiger partial charge in [-0.15, -0.1) is 40.1 Å². The van der Waals surface area contributed by atoms with E-state index in [0.29, 0.717) is 40.3 Å². The van der Waals surface area contributed by atoms with Crippen molar-refractivity contribution in [3.8, 4) is 28.1 Å². The summed E-state index contributed by atoms with van der Waals surface area (Å²) >= 11 is 0. The standard InChI is InChI=1S/C19H22FN7O.2ClH/c1-11(2)16-10-27(6-5-21-16)19-22-9-15(24-26-19)13-4-3-12(7-17(13)28)14-8-23-25-18(14)20;;/h3-4,7-9,11,16,21,28H,5-6,10H2,1-2H3,(H,23,25);2*1H/t16-;;/m1../s1. The minimum Gasteiger partial charge on any atom is -0.507 e. The minimum absolute atomic E-state index is 0. The van der Waals surface area contributed by atoms with E-state index in [9.17, 15) is 9.50 Å². The van der Waals surface area contributed by atoms with Crippen molar-refractivity contribution in [1.29, 1.82) is 0 Å². The Morgan fingerprint density at radius 2 is 2.00 bits per heavy atom. The fraction of sp³-hybridized carbons (Fsp3) is 0.368. The van der Waals surface area contributed by atoms with Crippen LogP contribution in [-0.4, -0.2) is 56.2 Å². The third-order valence-corrected chi connectivity index (χ3v) is 5.02. The summed E-state index contributed by atoms with van der Waals surface area (Å²) in [5, 5.41) is 28.3. The van der Waals surface area contributed by atoms with Gasteiger partial charge in [0, 0.05) is 37.4 Å². The molecule has 1 aromatic carbocycles. The summed E-state index contributed by atoms with van der Waals surface area (Å²) in [4.78, 5) is 6.55. The molecule has 3 N–H and O–H groups in total. The molecule has 8 nitrogen and oxygen atoms in total. The molecule has 0 spiro atoms. The molecule has 0 aliphatic carbocycles. The summed E-state index contributed by atoms with van der Waals surface area (Å²) in [6, 6.07) is 5.23. The van der Waals surface area contributed by atoms with Gasteiger partial charge in [0.1, 0.15) is 11.4 Å². The average Bonchev–Trinajstić information content (AvgIpc) is 3.14. The molecule has 1 atom stereocenters. The maximum Gasteiger partial charge on any atom is 0.245 e. The number of rotatable bonds is 4. The number of aromatic nitrogens is 5. The number of phenolic OH excluding ortho intramolecular Hbond substituents is 1. The van der Waals surface area contributed by atoms with Gasteiger partial charge >= 0.3 is 0 Å². The van der Waals surface area contributed by atoms with Gasteiger partial charge in [0.25, 0.3) is 0 Å². The first-order chi connectivity index (χ1) is 13.5. The first-order valence-electron chi connectivity index (χ1n) is 9.24. The number of nitrogens with zero attached hydrogens (tertiary/aromatic N) is 5. The van der Waals surface area contributed by atoms with Crippen LogP contribution in [0.25, 0.3) is 22.4 Å². The van der Waals surface area contributed by atoms with E-state index in [1.807, 2.05) is 0 Å². The van der Waals surface area contributed by atoms with Gasteiger partial charge in [-0.1, -0.05) is 19.9 Å². The van der Waals surface area contributed by atoms with Gasteiger partial charge in [0.05, 0.1) is 11.8 Å². The number of hydrogen-bond donors (Lipinski definition) is 3. The predicted molar refractivity (Wildman–Crippen MR) is 118 cm³/mol. The number of nitrogens with one attached hydrogen (secondary N) is 2. The number of hydrogen-bond acceptors (Lipinski definition) is 7. The second-order valence-corrected chi connectivity index (χ2v) is 7.22. The number of piperazine rings is 1. The topological polar surface area (TPSA) is 103 Å². The number of aromatic amines is 1. The van der Waals surface area contributed by atoms with E-state index < -0.39 is 5.95 Å². The van der Waals surface area contributed by atoms with Crippen LogP contribution in [0.1, 0.15) is 13.8 Å². The first-order valence-corrected chi connectivity index (χ1v) is 9.24. The minimum atomic E-state index is -0.617. The van der Waals surface area contributed by atoms with E-state index in [1.54, 1.807) is 18.3 Å². The normalized spacial score (nSPS) is 16.1. The maximum absolute atomic E-state index is 13.6. The van der Waals surface area contributed by atoms with Gasteiger partial charge < -0.3 is 15.3 Å². The van der Waals surface area contributed by atoms with Crippen LogP contribution in [0.3, 0.4) is 0 Å². The SMILES string of the molecule is CC(C)[C@H]1CN(c2ncc(-c3ccc(-c4c[nH]nc4F)cc3O)nn2)CCN1.Cl.Cl. The zero-order valence-corrected chi connectivity index (χ0v) is 18.2. The lowest BCUT2D eigenvalue weighted by molar-refractivity contribution is 0.365. The van der Waals surface area contributed by atoms with Crippen molar-refractivity contribution in [1.82, 2.24) is 30.7 Å². The molecule has 162 valence electrons. The molecule has 0 amide bonds. The highest BCUT2D eigenvalue weighted by atomic mass is 35.5. The summed E-state index contributed by atoms with van der Waals surface area (Å²) in [7, 11) is 0. The van der Waals surface area contributed by atoms with Gasteiger partial charge in [-0.3, -0.25) is 5.10 Å². The lowest BCUT2D eigenvalue weighted by Gasteiger charge is -2.35. The number of aromatic hydroxyl groups is 1. The molecular formula is C19H24Cl2FN7O. The third-order valence-electron chi connectivity index (χ3n) is 5.02. The molecule has 2 aromatic heterocycles. The van der Waals surface area contributed by atoms with Gasteiger partial charge in [-0.05, 0) is 23.6 Å². The predicted octanol–water partition coefficient (Wildman–Crippen LogP) is 3.05. The van der Waals surface area contributed by atoms with Crippen LogP contribution < -0.4 is 10.2 Å². The third kappa shape index (κ3) is 4.80. The molecule has 30 heavy (non-hydrogen) atoms. The number of H-pyrrole nitrogens is 1. The number of phenols is 1. The van der Waals surface area contributed by atoms with Crippen molar-refractivity contribution in [2.45, 2.75) is 19.9 Å². The van der Waals surface area contributed by atoms with Crippen LogP contribution in [0.2, 0.25) is 0 Å². The van der Waals surface area contributed by atoms with E-state index in [4.69, 9.17) is 0 Å². The summed E-state index contributed by atoms with van der Waals surface area (Å²) < 4.78 is 13.6. The van der Waals surface area contributed by atoms with E-state index >= 15 is 0 Å². The Morgan fingerprint density at radius 3 is 2.60 bits per heavy atom. The molecule has 0 saturated carbocycles. The van der Waals surface area contributed by atoms with Gasteiger partial charge in [-0.2, -0.15) is 4.39 Å². The Morgan fingerprint density at radius 1 is 1.20 bits per heavy atom. The highest BCUT2D eigenvalue weighted by Gasteiger charge is 2.23. The van der Waals surface area contributed by atoms with Crippen LogP contribution in [0, 0.1) is 11.9 Å². The Hall–Kier alpha value is -2.49. The van der Waals surface area contributed by atoms with Gasteiger partial charge in [0.15, 0.2) is 0 Å². The highest BCUT2D eigenvalue weighted by Crippen LogP contribution is 2.32. The molecule has 1 saturated heterocycles. The number of benzene rings is 1. The molecular weight excluding hydrogens is 432 g/mol. The molecule has 0 radical (unpaired) electrons. The van der Waals surface area contributed by atoms with Crippen LogP contribution in [-0.2, 0) is 0 Å². The fourth-order valence-electron chi connectivity index (χ4n) is 3.34. The molecule has 1 aliphatic rings. The maximum atomic E-state index is 13.6. The van der Waals surface area contributed by atoms with E-state index in [2.05, 4.69) is 49.4 Å². The molecule has 3 aromatic rings. The number of anilines is 1. The van der Waals surface area contributed by atoms with Crippen molar-refractivity contribution < 1.29 is 9.50 Å². The molecule has 1 aliphatic heterocycles. The van der Waals surface area contributed by atoms with E-state index in [-0.39, 0.29) is 30.6 Å². The Bertz CT molecular complexity index is 968. The summed E-state index contributed by atoms with van der Waals surface area (Å²) in [6.07, 6.45) is 3.04. The van der Waals surface area contributed by atoms with Crippen molar-refractivity contribution in [3.05, 3.63) is 36.5 Å². The zero-order chi connectivity index (χ0) is 19.7. The molecule has 3 heterocycles. The average molecular weight is 456 g/mol. The second kappa shape index (κ2) is 10.0. The van der Waals surface area contributed by atoms with Gasteiger partial charge in [0.2, 0.25) is 11.9 Å². The Kier molecular flexibility index (Phi) is 7.94. The molecule has 1 fully saturated rings. The van der Waals surface area contributed by atoms with E-state index in [1.165, 1.54) is 12.3 Å². The first kappa shape index (κ1) is 23.8. The molecule has 0 bridgehead atoms. The molecule has 4 rings (SSSR count). The van der Waals surface area contributed by atoms with Crippen molar-refractivity contribution in [2.24, 2.45) is 5.92 Å². The fourth-order valence-corrected chi connectivity index (χ4v) is 3.34. The second-order valence-electron chi connectivity index (χ2n) is 7.22. The summed E-state index contributed by atoms with van der Waals surface area (Å²) in [5.74, 6) is 0.454. The lowest BCUT2D eigenvalue weighted by atomic mass is 10.0. The quantitative estimate of drug-likeness (QED) is 0.555. The van der Waals surface area contributed by atoms with Gasteiger partial charge in [-0.25, -0.2) is 4.98 Å². The summed E-state index contributed by atoms with van der Waals surface area (Å²) in [5.41, 5.74) is 1.75.